The number of phenols is 1. The number of para-hydroxylation sites is 1. The number of hydrogen-bond acceptors (Lipinski definition) is 3. The van der Waals surface area contributed by atoms with Gasteiger partial charge in [-0.3, -0.25) is 9.55 Å². The van der Waals surface area contributed by atoms with E-state index in [1.807, 2.05) is 114 Å². The van der Waals surface area contributed by atoms with Crippen molar-refractivity contribution < 1.29 is 34.4 Å². The van der Waals surface area contributed by atoms with Crippen molar-refractivity contribution in [2.24, 2.45) is 0 Å². The molecule has 0 fully saturated rings. The number of aromatic nitrogens is 3. The Kier molecular flexibility index (Phi) is 9.80. The molecule has 5 heteroatoms. The van der Waals surface area contributed by atoms with Gasteiger partial charge in [0.25, 0.3) is 0 Å². The van der Waals surface area contributed by atoms with Gasteiger partial charge in [-0.1, -0.05) is 179 Å². The molecule has 0 unspecified atom stereocenters. The van der Waals surface area contributed by atoms with Gasteiger partial charge in [-0.2, -0.15) is 0 Å². The van der Waals surface area contributed by atoms with Crippen LogP contribution in [0.5, 0.6) is 5.75 Å². The van der Waals surface area contributed by atoms with Crippen molar-refractivity contribution in [2.45, 2.75) is 66.1 Å². The number of imidazole rings is 1. The predicted molar refractivity (Wildman–Crippen MR) is 259 cm³/mol. The third-order valence-corrected chi connectivity index (χ3v) is 11.6. The van der Waals surface area contributed by atoms with Gasteiger partial charge in [0.15, 0.2) is 0 Å². The zero-order chi connectivity index (χ0) is 48.3. The fourth-order valence-corrected chi connectivity index (χ4v) is 8.18. The van der Waals surface area contributed by atoms with Gasteiger partial charge >= 0.3 is 0 Å². The maximum atomic E-state index is 12.4. The van der Waals surface area contributed by atoms with E-state index in [9.17, 15) is 5.11 Å². The Morgan fingerprint density at radius 1 is 0.571 bits per heavy atom. The molecule has 2 heterocycles. The summed E-state index contributed by atoms with van der Waals surface area (Å²) in [6.07, 6.45) is 1.75. The van der Waals surface area contributed by atoms with Crippen LogP contribution in [0.4, 0.5) is 0 Å². The van der Waals surface area contributed by atoms with E-state index in [0.29, 0.717) is 39.4 Å². The zero-order valence-electron chi connectivity index (χ0n) is 42.2. The van der Waals surface area contributed by atoms with E-state index < -0.39 is 19.1 Å². The monoisotopic (exact) mass is 1010 g/mol. The van der Waals surface area contributed by atoms with Crippen LogP contribution in [0.25, 0.3) is 83.9 Å². The molecule has 0 aliphatic heterocycles. The first kappa shape index (κ1) is 36.2. The van der Waals surface area contributed by atoms with Gasteiger partial charge in [0, 0.05) is 52.4 Å². The van der Waals surface area contributed by atoms with Crippen LogP contribution in [-0.4, -0.2) is 19.6 Å². The van der Waals surface area contributed by atoms with E-state index in [1.165, 1.54) is 0 Å². The van der Waals surface area contributed by atoms with E-state index in [1.54, 1.807) is 24.4 Å². The summed E-state index contributed by atoms with van der Waals surface area (Å²) < 4.78 is 51.8. The average molecular weight is 1010 g/mol. The smallest absolute Gasteiger partial charge is 0.148 e. The Morgan fingerprint density at radius 3 is 1.95 bits per heavy atom. The summed E-state index contributed by atoms with van der Waals surface area (Å²) in [6.45, 7) is 8.03. The SMILES string of the molecule is [2H]C([2H])([2H])c1ccc(-c2ccnc(-c3[c-]c(-c4cccc5c4nc(-c4cc(C(C)(C)C)cc(C(C)(C)C)c4O)n5-c4ccc(-c5ccccc5)c(C([2H])([2H])[2H])c4)cc(-c4ccccc4)c3)c2)cc1.[Pt]. The van der Waals surface area contributed by atoms with Crippen molar-refractivity contribution in [3.8, 4) is 78.6 Å². The minimum atomic E-state index is -2.45. The minimum absolute atomic E-state index is 0. The van der Waals surface area contributed by atoms with E-state index in [0.717, 1.165) is 55.6 Å². The zero-order valence-corrected chi connectivity index (χ0v) is 38.5. The topological polar surface area (TPSA) is 50.9 Å². The number of aromatic hydroxyl groups is 1. The second kappa shape index (κ2) is 17.1. The number of hydrogen-bond donors (Lipinski definition) is 1. The Morgan fingerprint density at radius 2 is 1.27 bits per heavy atom. The summed E-state index contributed by atoms with van der Waals surface area (Å²) in [5.74, 6) is 0.573. The molecule has 0 atom stereocenters. The second-order valence-electron chi connectivity index (χ2n) is 18.0. The van der Waals surface area contributed by atoms with Crippen molar-refractivity contribution in [3.63, 3.8) is 0 Å². The summed E-state index contributed by atoms with van der Waals surface area (Å²) in [7, 11) is 0. The molecule has 7 aromatic carbocycles. The van der Waals surface area contributed by atoms with Crippen molar-refractivity contribution in [1.29, 1.82) is 0 Å². The standard InChI is InChI=1S/C58H52N3O.Pt/c1-37-22-24-40(25-23-37)42-28-29-59-52(34-42)45-32-43(39-16-11-9-12-17-39)31-44(33-45)49-20-15-21-53-54(49)60-56(50-35-46(57(3,4)5)36-51(55(50)62)58(6,7)8)61(53)47-26-27-48(38(2)30-47)41-18-13-10-14-19-41;/h9-32,34-36,62H,1-8H3;/q-1;/i1D3,2D3;. The van der Waals surface area contributed by atoms with Crippen LogP contribution < -0.4 is 0 Å². The van der Waals surface area contributed by atoms with Gasteiger partial charge in [0.05, 0.1) is 16.6 Å². The predicted octanol–water partition coefficient (Wildman–Crippen LogP) is 15.1. The number of pyridine rings is 1. The third-order valence-electron chi connectivity index (χ3n) is 11.6. The molecule has 9 aromatic rings. The van der Waals surface area contributed by atoms with Gasteiger partial charge in [0.1, 0.15) is 11.6 Å². The van der Waals surface area contributed by atoms with Crippen LogP contribution in [0, 0.1) is 19.8 Å². The Balaban J connectivity index is 0.00000642. The summed E-state index contributed by atoms with van der Waals surface area (Å²) in [6, 6.07) is 53.9. The molecule has 1 N–H and O–H groups in total. The van der Waals surface area contributed by atoms with Crippen LogP contribution >= 0.6 is 0 Å². The van der Waals surface area contributed by atoms with Crippen LogP contribution in [0.1, 0.15) is 72.0 Å². The average Bonchev–Trinajstić information content (AvgIpc) is 3.70. The fourth-order valence-electron chi connectivity index (χ4n) is 8.18. The van der Waals surface area contributed by atoms with Gasteiger partial charge in [-0.25, -0.2) is 4.98 Å². The molecular weight excluding hydrogens is 950 g/mol. The van der Waals surface area contributed by atoms with Gasteiger partial charge in [0.2, 0.25) is 0 Å². The van der Waals surface area contributed by atoms with Gasteiger partial charge in [-0.05, 0) is 93.8 Å². The molecular formula is C58H52N3OPt-. The van der Waals surface area contributed by atoms with Crippen LogP contribution in [0.2, 0.25) is 0 Å². The van der Waals surface area contributed by atoms with E-state index >= 15 is 0 Å². The minimum Gasteiger partial charge on any atom is -0.507 e. The number of nitrogens with zero attached hydrogens (tertiary/aromatic N) is 3. The first-order valence-electron chi connectivity index (χ1n) is 24.0. The van der Waals surface area contributed by atoms with Gasteiger partial charge < -0.3 is 5.11 Å². The molecule has 0 radical (unpaired) electrons. The van der Waals surface area contributed by atoms with E-state index in [2.05, 4.69) is 77.9 Å². The fraction of sp³-hybridized carbons (Fsp3) is 0.172. The number of fused-ring (bicyclic) bond motifs is 1. The number of rotatable bonds is 7. The van der Waals surface area contributed by atoms with Crippen LogP contribution in [0.15, 0.2) is 164 Å². The Labute approximate surface area is 395 Å². The van der Waals surface area contributed by atoms with Crippen molar-refractivity contribution >= 4 is 11.0 Å². The number of phenolic OH excluding ortho intramolecular Hbond substituents is 1. The molecule has 4 nitrogen and oxygen atoms in total. The Hall–Kier alpha value is -6.35. The molecule has 2 aromatic heterocycles. The molecule has 0 bridgehead atoms. The quantitative estimate of drug-likeness (QED) is 0.162. The van der Waals surface area contributed by atoms with E-state index in [-0.39, 0.29) is 43.4 Å². The summed E-state index contributed by atoms with van der Waals surface area (Å²) in [4.78, 5) is 10.3. The summed E-state index contributed by atoms with van der Waals surface area (Å²) in [5, 5.41) is 12.4. The van der Waals surface area contributed by atoms with Crippen molar-refractivity contribution in [3.05, 3.63) is 192 Å². The largest absolute Gasteiger partial charge is 0.507 e. The summed E-state index contributed by atoms with van der Waals surface area (Å²) in [5.41, 5.74) is 12.0. The number of benzene rings is 7. The molecule has 0 spiro atoms. The normalized spacial score (nSPS) is 13.6. The summed E-state index contributed by atoms with van der Waals surface area (Å²) >= 11 is 0. The van der Waals surface area contributed by atoms with Crippen LogP contribution in [0.3, 0.4) is 0 Å². The molecule has 0 saturated carbocycles. The van der Waals surface area contributed by atoms with Crippen molar-refractivity contribution in [2.75, 3.05) is 0 Å². The first-order chi connectivity index (χ1) is 32.1. The van der Waals surface area contributed by atoms with Crippen LogP contribution in [-0.2, 0) is 31.9 Å². The third kappa shape index (κ3) is 8.58. The molecule has 9 rings (SSSR count). The molecule has 63 heavy (non-hydrogen) atoms. The molecule has 0 aliphatic carbocycles. The Bertz CT molecular complexity index is 3330. The second-order valence-corrected chi connectivity index (χ2v) is 18.0. The van der Waals surface area contributed by atoms with E-state index in [4.69, 9.17) is 18.2 Å². The number of aryl methyl sites for hydroxylation is 2. The first-order valence-corrected chi connectivity index (χ1v) is 21.0. The van der Waals surface area contributed by atoms with Gasteiger partial charge in [-0.15, -0.1) is 23.8 Å². The molecule has 0 amide bonds. The maximum absolute atomic E-state index is 12.4. The molecule has 0 aliphatic rings. The van der Waals surface area contributed by atoms with Crippen molar-refractivity contribution in [1.82, 2.24) is 14.5 Å². The molecule has 0 saturated heterocycles. The maximum Gasteiger partial charge on any atom is 0.148 e. The molecule has 316 valence electrons.